The molecular formula is C18H28BrN3O2. The van der Waals surface area contributed by atoms with Gasteiger partial charge in [-0.15, -0.1) is 0 Å². The summed E-state index contributed by atoms with van der Waals surface area (Å²) < 4.78 is 0.956. The summed E-state index contributed by atoms with van der Waals surface area (Å²) in [6, 6.07) is 8.02. The topological polar surface area (TPSA) is 55.8 Å². The first-order chi connectivity index (χ1) is 11.2. The number of β-amino-alcohol motifs (C(OH)–C–C–N with tert-alkyl or cyclic N) is 1. The minimum absolute atomic E-state index is 0.0414. The lowest BCUT2D eigenvalue weighted by Gasteiger charge is -2.42. The number of anilines is 1. The molecule has 1 aliphatic rings. The lowest BCUT2D eigenvalue weighted by molar-refractivity contribution is -0.116. The number of nitrogens with one attached hydrogen (secondary N) is 1. The van der Waals surface area contributed by atoms with E-state index in [1.165, 1.54) is 0 Å². The number of halogens is 1. The first kappa shape index (κ1) is 19.4. The van der Waals surface area contributed by atoms with Crippen LogP contribution in [0.15, 0.2) is 28.7 Å². The molecule has 0 aromatic heterocycles. The minimum Gasteiger partial charge on any atom is -0.389 e. The summed E-state index contributed by atoms with van der Waals surface area (Å²) in [5, 5.41) is 12.9. The molecule has 0 saturated carbocycles. The Balaban J connectivity index is 1.74. The molecule has 6 heteroatoms. The summed E-state index contributed by atoms with van der Waals surface area (Å²) in [5.74, 6) is 0.0414. The third-order valence-corrected chi connectivity index (χ3v) is 4.70. The number of carbonyl (C=O) groups is 1. The molecule has 1 aliphatic heterocycles. The van der Waals surface area contributed by atoms with Crippen molar-refractivity contribution in [3.8, 4) is 0 Å². The Hall–Kier alpha value is -0.950. The number of hydrogen-bond donors (Lipinski definition) is 2. The number of hydrogen-bond acceptors (Lipinski definition) is 4. The summed E-state index contributed by atoms with van der Waals surface area (Å²) >= 11 is 3.40. The van der Waals surface area contributed by atoms with Crippen molar-refractivity contribution in [1.82, 2.24) is 9.80 Å². The number of amides is 1. The van der Waals surface area contributed by atoms with Crippen molar-refractivity contribution in [1.29, 1.82) is 0 Å². The fourth-order valence-corrected chi connectivity index (χ4v) is 3.45. The average molecular weight is 398 g/mol. The molecule has 1 unspecified atom stereocenters. The molecule has 1 amide bonds. The second-order valence-electron chi connectivity index (χ2n) is 7.24. The van der Waals surface area contributed by atoms with Crippen LogP contribution in [-0.2, 0) is 4.79 Å². The van der Waals surface area contributed by atoms with Crippen LogP contribution < -0.4 is 5.32 Å². The SMILES string of the molecule is CC1CN(CCC(=O)Nc2cccc(Br)c2)CCN1CC(C)(C)O. The van der Waals surface area contributed by atoms with Gasteiger partial charge in [0, 0.05) is 55.3 Å². The van der Waals surface area contributed by atoms with Gasteiger partial charge >= 0.3 is 0 Å². The zero-order valence-electron chi connectivity index (χ0n) is 14.8. The van der Waals surface area contributed by atoms with E-state index in [1.54, 1.807) is 0 Å². The van der Waals surface area contributed by atoms with E-state index in [9.17, 15) is 9.90 Å². The number of aliphatic hydroxyl groups is 1. The van der Waals surface area contributed by atoms with Gasteiger partial charge in [-0.3, -0.25) is 9.69 Å². The van der Waals surface area contributed by atoms with Gasteiger partial charge < -0.3 is 15.3 Å². The highest BCUT2D eigenvalue weighted by Crippen LogP contribution is 2.17. The van der Waals surface area contributed by atoms with Crippen molar-refractivity contribution in [2.24, 2.45) is 0 Å². The van der Waals surface area contributed by atoms with Crippen molar-refractivity contribution in [3.05, 3.63) is 28.7 Å². The summed E-state index contributed by atoms with van der Waals surface area (Å²) in [4.78, 5) is 16.7. The Bertz CT molecular complexity index is 559. The van der Waals surface area contributed by atoms with Gasteiger partial charge in [-0.1, -0.05) is 22.0 Å². The fraction of sp³-hybridized carbons (Fsp3) is 0.611. The quantitative estimate of drug-likeness (QED) is 0.774. The second kappa shape index (κ2) is 8.43. The van der Waals surface area contributed by atoms with E-state index in [2.05, 4.69) is 38.0 Å². The molecule has 1 saturated heterocycles. The molecule has 24 heavy (non-hydrogen) atoms. The molecule has 2 rings (SSSR count). The Morgan fingerprint density at radius 2 is 2.17 bits per heavy atom. The van der Waals surface area contributed by atoms with E-state index in [1.807, 2.05) is 38.1 Å². The summed E-state index contributed by atoms with van der Waals surface area (Å²) in [5.41, 5.74) is 0.151. The van der Waals surface area contributed by atoms with Crippen molar-refractivity contribution in [3.63, 3.8) is 0 Å². The van der Waals surface area contributed by atoms with Gasteiger partial charge in [-0.2, -0.15) is 0 Å². The molecule has 0 aliphatic carbocycles. The third-order valence-electron chi connectivity index (χ3n) is 4.20. The number of benzene rings is 1. The van der Waals surface area contributed by atoms with E-state index >= 15 is 0 Å². The van der Waals surface area contributed by atoms with Crippen LogP contribution >= 0.6 is 15.9 Å². The van der Waals surface area contributed by atoms with E-state index in [0.29, 0.717) is 19.0 Å². The Morgan fingerprint density at radius 1 is 1.42 bits per heavy atom. The van der Waals surface area contributed by atoms with Crippen LogP contribution in [0.25, 0.3) is 0 Å². The standard InChI is InChI=1S/C18H28BrN3O2/c1-14-12-21(9-10-22(14)13-18(2,3)24)8-7-17(23)20-16-6-4-5-15(19)11-16/h4-6,11,14,24H,7-10,12-13H2,1-3H3,(H,20,23). The van der Waals surface area contributed by atoms with Gasteiger partial charge in [0.1, 0.15) is 0 Å². The van der Waals surface area contributed by atoms with E-state index in [4.69, 9.17) is 0 Å². The molecule has 1 fully saturated rings. The van der Waals surface area contributed by atoms with Crippen LogP contribution in [0, 0.1) is 0 Å². The molecule has 0 bridgehead atoms. The van der Waals surface area contributed by atoms with Crippen LogP contribution in [0.5, 0.6) is 0 Å². The number of carbonyl (C=O) groups excluding carboxylic acids is 1. The third kappa shape index (κ3) is 6.51. The number of nitrogens with zero attached hydrogens (tertiary/aromatic N) is 2. The van der Waals surface area contributed by atoms with E-state index < -0.39 is 5.60 Å². The molecule has 134 valence electrons. The van der Waals surface area contributed by atoms with Crippen LogP contribution in [0.1, 0.15) is 27.2 Å². The molecule has 1 heterocycles. The monoisotopic (exact) mass is 397 g/mol. The second-order valence-corrected chi connectivity index (χ2v) is 8.16. The summed E-state index contributed by atoms with van der Waals surface area (Å²) in [7, 11) is 0. The highest BCUT2D eigenvalue weighted by Gasteiger charge is 2.27. The van der Waals surface area contributed by atoms with Gasteiger partial charge in [-0.05, 0) is 39.0 Å². The highest BCUT2D eigenvalue weighted by atomic mass is 79.9. The molecule has 5 nitrogen and oxygen atoms in total. The molecule has 1 atom stereocenters. The lowest BCUT2D eigenvalue weighted by atomic mass is 10.1. The fourth-order valence-electron chi connectivity index (χ4n) is 3.06. The van der Waals surface area contributed by atoms with Gasteiger partial charge in [0.15, 0.2) is 0 Å². The lowest BCUT2D eigenvalue weighted by Crippen LogP contribution is -2.55. The van der Waals surface area contributed by atoms with Crippen LogP contribution in [-0.4, -0.2) is 65.2 Å². The predicted molar refractivity (Wildman–Crippen MR) is 101 cm³/mol. The summed E-state index contributed by atoms with van der Waals surface area (Å²) in [6.07, 6.45) is 0.491. The Morgan fingerprint density at radius 3 is 2.79 bits per heavy atom. The predicted octanol–water partition coefficient (Wildman–Crippen LogP) is 2.55. The Kier molecular flexibility index (Phi) is 6.80. The highest BCUT2D eigenvalue weighted by molar-refractivity contribution is 9.10. The minimum atomic E-state index is -0.666. The van der Waals surface area contributed by atoms with Crippen LogP contribution in [0.4, 0.5) is 5.69 Å². The molecule has 0 spiro atoms. The number of rotatable bonds is 6. The Labute approximate surface area is 153 Å². The van der Waals surface area contributed by atoms with E-state index in [0.717, 1.165) is 36.3 Å². The molecule has 0 radical (unpaired) electrons. The maximum absolute atomic E-state index is 12.1. The van der Waals surface area contributed by atoms with Crippen molar-refractivity contribution in [2.75, 3.05) is 38.0 Å². The molecule has 1 aromatic carbocycles. The zero-order chi connectivity index (χ0) is 17.7. The van der Waals surface area contributed by atoms with Crippen LogP contribution in [0.3, 0.4) is 0 Å². The maximum atomic E-state index is 12.1. The van der Waals surface area contributed by atoms with E-state index in [-0.39, 0.29) is 5.91 Å². The molecular weight excluding hydrogens is 370 g/mol. The number of piperazine rings is 1. The molecule has 1 aromatic rings. The largest absolute Gasteiger partial charge is 0.389 e. The van der Waals surface area contributed by atoms with Crippen molar-refractivity contribution in [2.45, 2.75) is 38.8 Å². The van der Waals surface area contributed by atoms with Crippen LogP contribution in [0.2, 0.25) is 0 Å². The first-order valence-electron chi connectivity index (χ1n) is 8.47. The van der Waals surface area contributed by atoms with Gasteiger partial charge in [0.25, 0.3) is 0 Å². The first-order valence-corrected chi connectivity index (χ1v) is 9.26. The maximum Gasteiger partial charge on any atom is 0.225 e. The summed E-state index contributed by atoms with van der Waals surface area (Å²) in [6.45, 7) is 10.1. The van der Waals surface area contributed by atoms with Gasteiger partial charge in [-0.25, -0.2) is 0 Å². The zero-order valence-corrected chi connectivity index (χ0v) is 16.3. The van der Waals surface area contributed by atoms with Gasteiger partial charge in [0.05, 0.1) is 5.60 Å². The van der Waals surface area contributed by atoms with Crippen molar-refractivity contribution >= 4 is 27.5 Å². The smallest absolute Gasteiger partial charge is 0.225 e. The average Bonchev–Trinajstić information content (AvgIpc) is 2.46. The van der Waals surface area contributed by atoms with Gasteiger partial charge in [0.2, 0.25) is 5.91 Å². The molecule has 2 N–H and O–H groups in total. The van der Waals surface area contributed by atoms with Crippen molar-refractivity contribution < 1.29 is 9.90 Å². The normalized spacial score (nSPS) is 20.1.